The second-order valence-electron chi connectivity index (χ2n) is 11.3. The molecule has 1 fully saturated rings. The van der Waals surface area contributed by atoms with Crippen LogP contribution in [0.3, 0.4) is 0 Å². The predicted octanol–water partition coefficient (Wildman–Crippen LogP) is 3.75. The van der Waals surface area contributed by atoms with Crippen molar-refractivity contribution in [1.29, 1.82) is 0 Å². The van der Waals surface area contributed by atoms with Crippen molar-refractivity contribution in [3.63, 3.8) is 0 Å². The highest BCUT2D eigenvalue weighted by atomic mass is 32.2. The van der Waals surface area contributed by atoms with Crippen LogP contribution in [0, 0.1) is 0 Å². The third-order valence-electron chi connectivity index (χ3n) is 7.94. The number of aromatic amines is 1. The first-order chi connectivity index (χ1) is 20.1. The molecule has 0 bridgehead atoms. The first-order valence-electron chi connectivity index (χ1n) is 14.6. The molecule has 2 heterocycles. The molecule has 10 nitrogen and oxygen atoms in total. The Bertz CT molecular complexity index is 1430. The monoisotopic (exact) mass is 594 g/mol. The molecule has 226 valence electrons. The van der Waals surface area contributed by atoms with Crippen molar-refractivity contribution in [2.45, 2.75) is 69.4 Å². The van der Waals surface area contributed by atoms with E-state index in [9.17, 15) is 18.0 Å². The van der Waals surface area contributed by atoms with Crippen LogP contribution in [0.25, 0.3) is 0 Å². The number of rotatable bonds is 12. The van der Waals surface area contributed by atoms with E-state index in [0.717, 1.165) is 50.0 Å². The number of sulfone groups is 1. The largest absolute Gasteiger partial charge is 0.344 e. The van der Waals surface area contributed by atoms with Gasteiger partial charge in [0.25, 0.3) is 5.91 Å². The Labute approximate surface area is 248 Å². The van der Waals surface area contributed by atoms with Gasteiger partial charge >= 0.3 is 0 Å². The van der Waals surface area contributed by atoms with Crippen molar-refractivity contribution >= 4 is 21.7 Å². The standard InChI is InChI=1S/C31H42N6O4S/c1-5-37(28(38)21-23-11-13-26(14-12-23)42(4,40)41)25-15-18-36(19-16-25)20-17-27(24-9-7-6-8-10-24)32-31(39)30-29(22(2)3)33-35-34-30/h6-14,22,25,27H,5,15-21H2,1-4H3,(H,32,39)(H,33,34,35)/t27-/m0/s1. The van der Waals surface area contributed by atoms with Gasteiger partial charge in [-0.3, -0.25) is 9.59 Å². The van der Waals surface area contributed by atoms with Gasteiger partial charge in [-0.2, -0.15) is 15.4 Å². The average molecular weight is 595 g/mol. The molecule has 11 heteroatoms. The number of hydrogen-bond acceptors (Lipinski definition) is 7. The lowest BCUT2D eigenvalue weighted by Crippen LogP contribution is -2.48. The molecule has 1 aromatic heterocycles. The van der Waals surface area contributed by atoms with Crippen molar-refractivity contribution in [3.05, 3.63) is 77.1 Å². The summed E-state index contributed by atoms with van der Waals surface area (Å²) in [6, 6.07) is 16.5. The van der Waals surface area contributed by atoms with E-state index in [1.807, 2.05) is 56.0 Å². The fraction of sp³-hybridized carbons (Fsp3) is 0.484. The summed E-state index contributed by atoms with van der Waals surface area (Å²) in [4.78, 5) is 31.0. The van der Waals surface area contributed by atoms with E-state index < -0.39 is 9.84 Å². The number of likely N-dealkylation sites (tertiary alicyclic amines) is 1. The van der Waals surface area contributed by atoms with Gasteiger partial charge < -0.3 is 15.1 Å². The number of benzene rings is 2. The van der Waals surface area contributed by atoms with Crippen LogP contribution < -0.4 is 5.32 Å². The van der Waals surface area contributed by atoms with E-state index in [1.54, 1.807) is 24.3 Å². The Morgan fingerprint density at radius 2 is 1.71 bits per heavy atom. The number of piperidine rings is 1. The molecule has 42 heavy (non-hydrogen) atoms. The molecule has 2 aromatic carbocycles. The van der Waals surface area contributed by atoms with Crippen LogP contribution in [0.1, 0.15) is 79.3 Å². The molecular weight excluding hydrogens is 552 g/mol. The molecule has 1 atom stereocenters. The number of H-pyrrole nitrogens is 1. The van der Waals surface area contributed by atoms with Crippen molar-refractivity contribution in [2.24, 2.45) is 0 Å². The molecule has 3 aromatic rings. The summed E-state index contributed by atoms with van der Waals surface area (Å²) in [6.45, 7) is 9.16. The summed E-state index contributed by atoms with van der Waals surface area (Å²) in [5.74, 6) is -0.0948. The number of aromatic nitrogens is 3. The molecule has 1 aliphatic rings. The predicted molar refractivity (Wildman–Crippen MR) is 162 cm³/mol. The third-order valence-corrected chi connectivity index (χ3v) is 9.07. The molecule has 2 amide bonds. The van der Waals surface area contributed by atoms with Crippen molar-refractivity contribution in [3.8, 4) is 0 Å². The summed E-state index contributed by atoms with van der Waals surface area (Å²) < 4.78 is 23.5. The lowest BCUT2D eigenvalue weighted by Gasteiger charge is -2.38. The maximum Gasteiger partial charge on any atom is 0.274 e. The molecule has 1 saturated heterocycles. The van der Waals surface area contributed by atoms with Gasteiger partial charge in [0.05, 0.1) is 23.1 Å². The maximum absolute atomic E-state index is 13.2. The van der Waals surface area contributed by atoms with Gasteiger partial charge in [0, 0.05) is 38.5 Å². The van der Waals surface area contributed by atoms with E-state index in [0.29, 0.717) is 17.9 Å². The maximum atomic E-state index is 13.2. The minimum Gasteiger partial charge on any atom is -0.344 e. The lowest BCUT2D eigenvalue weighted by atomic mass is 9.99. The molecule has 4 rings (SSSR count). The molecule has 2 N–H and O–H groups in total. The summed E-state index contributed by atoms with van der Waals surface area (Å²) in [6.07, 6.45) is 3.93. The van der Waals surface area contributed by atoms with Gasteiger partial charge in [-0.25, -0.2) is 8.42 Å². The quantitative estimate of drug-likeness (QED) is 0.327. The van der Waals surface area contributed by atoms with Crippen LogP contribution in [0.5, 0.6) is 0 Å². The van der Waals surface area contributed by atoms with E-state index in [-0.39, 0.29) is 41.1 Å². The van der Waals surface area contributed by atoms with Crippen molar-refractivity contribution in [2.75, 3.05) is 32.4 Å². The summed E-state index contributed by atoms with van der Waals surface area (Å²) in [5.41, 5.74) is 2.84. The van der Waals surface area contributed by atoms with E-state index in [2.05, 4.69) is 25.6 Å². The van der Waals surface area contributed by atoms with Gasteiger partial charge in [-0.05, 0) is 55.4 Å². The number of nitrogens with zero attached hydrogens (tertiary/aromatic N) is 4. The highest BCUT2D eigenvalue weighted by Gasteiger charge is 2.28. The summed E-state index contributed by atoms with van der Waals surface area (Å²) in [5, 5.41) is 14.0. The third kappa shape index (κ3) is 8.04. The normalized spacial score (nSPS) is 15.5. The Balaban J connectivity index is 1.32. The fourth-order valence-electron chi connectivity index (χ4n) is 5.58. The molecule has 0 saturated carbocycles. The molecule has 0 spiro atoms. The summed E-state index contributed by atoms with van der Waals surface area (Å²) >= 11 is 0. The number of likely N-dealkylation sites (N-methyl/N-ethyl adjacent to an activating group) is 1. The van der Waals surface area contributed by atoms with Crippen LogP contribution in [0.2, 0.25) is 0 Å². The second kappa shape index (κ2) is 14.1. The summed E-state index contributed by atoms with van der Waals surface area (Å²) in [7, 11) is -3.27. The SMILES string of the molecule is CCN(C(=O)Cc1ccc(S(C)(=O)=O)cc1)C1CCN(CC[C@H](NC(=O)c2n[nH]nc2C(C)C)c2ccccc2)CC1. The number of nitrogens with one attached hydrogen (secondary N) is 2. The molecular formula is C31H42N6O4S. The molecule has 1 aliphatic heterocycles. The number of amides is 2. The van der Waals surface area contributed by atoms with Crippen molar-refractivity contribution < 1.29 is 18.0 Å². The Hall–Kier alpha value is -3.57. The van der Waals surface area contributed by atoms with Crippen LogP contribution in [0.15, 0.2) is 59.5 Å². The number of carbonyl (C=O) groups is 2. The first-order valence-corrected chi connectivity index (χ1v) is 16.5. The van der Waals surface area contributed by atoms with Crippen LogP contribution in [-0.4, -0.2) is 83.9 Å². The van der Waals surface area contributed by atoms with Gasteiger partial charge in [0.15, 0.2) is 15.5 Å². The molecule has 0 unspecified atom stereocenters. The molecule has 0 aliphatic carbocycles. The number of hydrogen-bond donors (Lipinski definition) is 2. The Kier molecular flexibility index (Phi) is 10.5. The average Bonchev–Trinajstić information content (AvgIpc) is 3.47. The Morgan fingerprint density at radius 3 is 2.31 bits per heavy atom. The van der Waals surface area contributed by atoms with E-state index in [1.165, 1.54) is 6.26 Å². The topological polar surface area (TPSA) is 128 Å². The zero-order chi connectivity index (χ0) is 30.3. The van der Waals surface area contributed by atoms with Gasteiger partial charge in [-0.1, -0.05) is 56.3 Å². The highest BCUT2D eigenvalue weighted by molar-refractivity contribution is 7.90. The minimum atomic E-state index is -3.27. The first kappa shape index (κ1) is 31.4. The van der Waals surface area contributed by atoms with E-state index in [4.69, 9.17) is 0 Å². The van der Waals surface area contributed by atoms with Crippen LogP contribution in [-0.2, 0) is 21.1 Å². The lowest BCUT2D eigenvalue weighted by molar-refractivity contribution is -0.133. The second-order valence-corrected chi connectivity index (χ2v) is 13.3. The zero-order valence-corrected chi connectivity index (χ0v) is 25.7. The zero-order valence-electron chi connectivity index (χ0n) is 24.9. The fourth-order valence-corrected chi connectivity index (χ4v) is 6.21. The van der Waals surface area contributed by atoms with Gasteiger partial charge in [-0.15, -0.1) is 0 Å². The number of carbonyl (C=O) groups excluding carboxylic acids is 2. The van der Waals surface area contributed by atoms with E-state index >= 15 is 0 Å². The minimum absolute atomic E-state index is 0.0588. The van der Waals surface area contributed by atoms with Gasteiger partial charge in [0.2, 0.25) is 5.91 Å². The van der Waals surface area contributed by atoms with Crippen LogP contribution >= 0.6 is 0 Å². The smallest absolute Gasteiger partial charge is 0.274 e. The Morgan fingerprint density at radius 1 is 1.05 bits per heavy atom. The van der Waals surface area contributed by atoms with Gasteiger partial charge in [0.1, 0.15) is 0 Å². The van der Waals surface area contributed by atoms with Crippen molar-refractivity contribution in [1.82, 2.24) is 30.5 Å². The molecule has 0 radical (unpaired) electrons. The highest BCUT2D eigenvalue weighted by Crippen LogP contribution is 2.23. The van der Waals surface area contributed by atoms with Crippen LogP contribution in [0.4, 0.5) is 0 Å².